The van der Waals surface area contributed by atoms with Gasteiger partial charge in [-0.2, -0.15) is 0 Å². The molecular formula is C15H13FO2. The normalized spacial score (nSPS) is 10.3. The lowest BCUT2D eigenvalue weighted by Crippen LogP contribution is -2.01. The number of hydrogen-bond acceptors (Lipinski definition) is 1. The molecule has 0 aliphatic rings. The summed E-state index contributed by atoms with van der Waals surface area (Å²) in [5, 5.41) is 8.72. The summed E-state index contributed by atoms with van der Waals surface area (Å²) in [7, 11) is 0. The van der Waals surface area contributed by atoms with E-state index in [0.29, 0.717) is 11.1 Å². The lowest BCUT2D eigenvalue weighted by molar-refractivity contribution is -0.136. The molecule has 0 spiro atoms. The fourth-order valence-corrected chi connectivity index (χ4v) is 1.94. The molecule has 0 unspecified atom stereocenters. The molecule has 0 heterocycles. The third kappa shape index (κ3) is 2.74. The Morgan fingerprint density at radius 3 is 2.44 bits per heavy atom. The molecule has 2 aromatic carbocycles. The number of carboxylic acids is 1. The molecule has 0 bridgehead atoms. The standard InChI is InChI=1S/C15H13FO2/c16-10-13-8-11(9-15(17)18)6-7-14(13)12-4-2-1-3-5-12/h1-8H,9-10H2,(H,17,18). The summed E-state index contributed by atoms with van der Waals surface area (Å²) in [4.78, 5) is 10.6. The van der Waals surface area contributed by atoms with Crippen molar-refractivity contribution in [1.29, 1.82) is 0 Å². The fraction of sp³-hybridized carbons (Fsp3) is 0.133. The van der Waals surface area contributed by atoms with E-state index in [0.717, 1.165) is 11.1 Å². The highest BCUT2D eigenvalue weighted by molar-refractivity contribution is 5.72. The van der Waals surface area contributed by atoms with Gasteiger partial charge in [0.1, 0.15) is 6.67 Å². The number of hydrogen-bond donors (Lipinski definition) is 1. The molecule has 1 N–H and O–H groups in total. The van der Waals surface area contributed by atoms with Crippen molar-refractivity contribution >= 4 is 5.97 Å². The molecule has 0 aliphatic heterocycles. The van der Waals surface area contributed by atoms with Gasteiger partial charge in [-0.05, 0) is 22.3 Å². The van der Waals surface area contributed by atoms with E-state index in [9.17, 15) is 9.18 Å². The summed E-state index contributed by atoms with van der Waals surface area (Å²) in [5.74, 6) is -0.910. The molecule has 0 aromatic heterocycles. The van der Waals surface area contributed by atoms with Gasteiger partial charge in [-0.15, -0.1) is 0 Å². The largest absolute Gasteiger partial charge is 0.481 e. The van der Waals surface area contributed by atoms with Crippen LogP contribution in [0.15, 0.2) is 48.5 Å². The van der Waals surface area contributed by atoms with Crippen molar-refractivity contribution in [3.05, 3.63) is 59.7 Å². The smallest absolute Gasteiger partial charge is 0.307 e. The summed E-state index contributed by atoms with van der Waals surface area (Å²) in [6.07, 6.45) is -0.0813. The highest BCUT2D eigenvalue weighted by atomic mass is 19.1. The van der Waals surface area contributed by atoms with Gasteiger partial charge in [-0.3, -0.25) is 4.79 Å². The zero-order chi connectivity index (χ0) is 13.0. The lowest BCUT2D eigenvalue weighted by atomic mass is 9.97. The van der Waals surface area contributed by atoms with E-state index in [1.54, 1.807) is 18.2 Å². The van der Waals surface area contributed by atoms with Crippen LogP contribution in [0, 0.1) is 0 Å². The van der Waals surface area contributed by atoms with Crippen LogP contribution in [0.3, 0.4) is 0 Å². The second kappa shape index (κ2) is 5.45. The second-order valence-corrected chi connectivity index (χ2v) is 4.06. The molecule has 0 saturated carbocycles. The molecular weight excluding hydrogens is 231 g/mol. The minimum Gasteiger partial charge on any atom is -0.481 e. The molecule has 0 amide bonds. The van der Waals surface area contributed by atoms with E-state index in [1.165, 1.54) is 0 Å². The quantitative estimate of drug-likeness (QED) is 0.894. The highest BCUT2D eigenvalue weighted by Crippen LogP contribution is 2.25. The first-order chi connectivity index (χ1) is 8.70. The molecule has 0 radical (unpaired) electrons. The van der Waals surface area contributed by atoms with E-state index in [-0.39, 0.29) is 6.42 Å². The third-order valence-corrected chi connectivity index (χ3v) is 2.75. The summed E-state index contributed by atoms with van der Waals surface area (Å²) < 4.78 is 13.0. The molecule has 3 heteroatoms. The van der Waals surface area contributed by atoms with Crippen LogP contribution < -0.4 is 0 Å². The predicted octanol–water partition coefficient (Wildman–Crippen LogP) is 3.45. The number of aliphatic carboxylic acids is 1. The van der Waals surface area contributed by atoms with E-state index in [2.05, 4.69) is 0 Å². The number of benzene rings is 2. The molecule has 92 valence electrons. The summed E-state index contributed by atoms with van der Waals surface area (Å²) in [6, 6.07) is 14.6. The van der Waals surface area contributed by atoms with Gasteiger partial charge in [0.2, 0.25) is 0 Å². The van der Waals surface area contributed by atoms with Crippen molar-refractivity contribution in [3.8, 4) is 11.1 Å². The van der Waals surface area contributed by atoms with Crippen LogP contribution >= 0.6 is 0 Å². The van der Waals surface area contributed by atoms with Crippen LogP contribution in [0.5, 0.6) is 0 Å². The van der Waals surface area contributed by atoms with Gasteiger partial charge in [0, 0.05) is 0 Å². The molecule has 0 atom stereocenters. The van der Waals surface area contributed by atoms with Gasteiger partial charge >= 0.3 is 5.97 Å². The van der Waals surface area contributed by atoms with E-state index >= 15 is 0 Å². The number of alkyl halides is 1. The van der Waals surface area contributed by atoms with Gasteiger partial charge < -0.3 is 5.11 Å². The maximum atomic E-state index is 13.0. The molecule has 18 heavy (non-hydrogen) atoms. The Hall–Kier alpha value is -2.16. The minimum absolute atomic E-state index is 0.0813. The Morgan fingerprint density at radius 1 is 1.11 bits per heavy atom. The van der Waals surface area contributed by atoms with Gasteiger partial charge in [0.15, 0.2) is 0 Å². The van der Waals surface area contributed by atoms with Crippen molar-refractivity contribution in [2.45, 2.75) is 13.1 Å². The Labute approximate surface area is 105 Å². The Bertz CT molecular complexity index is 550. The number of rotatable bonds is 4. The first kappa shape index (κ1) is 12.3. The van der Waals surface area contributed by atoms with Gasteiger partial charge in [-0.1, -0.05) is 48.5 Å². The molecule has 0 saturated heterocycles. The van der Waals surface area contributed by atoms with E-state index < -0.39 is 12.6 Å². The van der Waals surface area contributed by atoms with Crippen molar-refractivity contribution in [2.24, 2.45) is 0 Å². The second-order valence-electron chi connectivity index (χ2n) is 4.06. The summed E-state index contributed by atoms with van der Waals surface area (Å²) in [5.41, 5.74) is 2.90. The van der Waals surface area contributed by atoms with Crippen molar-refractivity contribution < 1.29 is 14.3 Å². The first-order valence-electron chi connectivity index (χ1n) is 5.65. The maximum absolute atomic E-state index is 13.0. The zero-order valence-electron chi connectivity index (χ0n) is 9.77. The van der Waals surface area contributed by atoms with Crippen LogP contribution in [-0.2, 0) is 17.9 Å². The third-order valence-electron chi connectivity index (χ3n) is 2.75. The molecule has 2 nitrogen and oxygen atoms in total. The van der Waals surface area contributed by atoms with Gasteiger partial charge in [0.25, 0.3) is 0 Å². The van der Waals surface area contributed by atoms with E-state index in [4.69, 9.17) is 5.11 Å². The Kier molecular flexibility index (Phi) is 3.72. The highest BCUT2D eigenvalue weighted by Gasteiger charge is 2.08. The summed E-state index contributed by atoms with van der Waals surface area (Å²) in [6.45, 7) is -0.600. The van der Waals surface area contributed by atoms with Crippen LogP contribution in [-0.4, -0.2) is 11.1 Å². The Balaban J connectivity index is 2.41. The fourth-order valence-electron chi connectivity index (χ4n) is 1.94. The average molecular weight is 244 g/mol. The lowest BCUT2D eigenvalue weighted by Gasteiger charge is -2.08. The molecule has 2 rings (SSSR count). The SMILES string of the molecule is O=C(O)Cc1ccc(-c2ccccc2)c(CF)c1. The monoisotopic (exact) mass is 244 g/mol. The van der Waals surface area contributed by atoms with Crippen LogP contribution in [0.4, 0.5) is 4.39 Å². The van der Waals surface area contributed by atoms with Crippen LogP contribution in [0.1, 0.15) is 11.1 Å². The zero-order valence-corrected chi connectivity index (χ0v) is 9.77. The average Bonchev–Trinajstić information content (AvgIpc) is 2.39. The number of carboxylic acid groups (broad SMARTS) is 1. The van der Waals surface area contributed by atoms with Crippen LogP contribution in [0.25, 0.3) is 11.1 Å². The topological polar surface area (TPSA) is 37.3 Å². The number of carbonyl (C=O) groups is 1. The van der Waals surface area contributed by atoms with Gasteiger partial charge in [0.05, 0.1) is 6.42 Å². The van der Waals surface area contributed by atoms with Crippen LogP contribution in [0.2, 0.25) is 0 Å². The summed E-state index contributed by atoms with van der Waals surface area (Å²) >= 11 is 0. The maximum Gasteiger partial charge on any atom is 0.307 e. The van der Waals surface area contributed by atoms with E-state index in [1.807, 2.05) is 30.3 Å². The predicted molar refractivity (Wildman–Crippen MR) is 68.0 cm³/mol. The molecule has 0 fully saturated rings. The van der Waals surface area contributed by atoms with Gasteiger partial charge in [-0.25, -0.2) is 4.39 Å². The molecule has 0 aliphatic carbocycles. The molecule has 2 aromatic rings. The minimum atomic E-state index is -0.910. The Morgan fingerprint density at radius 2 is 1.83 bits per heavy atom. The van der Waals surface area contributed by atoms with Crippen molar-refractivity contribution in [1.82, 2.24) is 0 Å². The van der Waals surface area contributed by atoms with Crippen molar-refractivity contribution in [3.63, 3.8) is 0 Å². The van der Waals surface area contributed by atoms with Crippen molar-refractivity contribution in [2.75, 3.05) is 0 Å². The number of halogens is 1. The first-order valence-corrected chi connectivity index (χ1v) is 5.65.